The number of carbonyl (C=O) groups excluding carboxylic acids is 1. The van der Waals surface area contributed by atoms with Crippen LogP contribution in [0.15, 0.2) is 24.3 Å². The Morgan fingerprint density at radius 3 is 2.48 bits per heavy atom. The van der Waals surface area contributed by atoms with Crippen LogP contribution in [0.1, 0.15) is 39.7 Å². The lowest BCUT2D eigenvalue weighted by Crippen LogP contribution is -2.30. The quantitative estimate of drug-likeness (QED) is 0.747. The zero-order chi connectivity index (χ0) is 15.7. The summed E-state index contributed by atoms with van der Waals surface area (Å²) in [5.74, 6) is 1.33. The number of hydrogen-bond donors (Lipinski definition) is 1. The lowest BCUT2D eigenvalue weighted by atomic mass is 10.2. The van der Waals surface area contributed by atoms with Crippen LogP contribution in [0.3, 0.4) is 0 Å². The first-order valence-electron chi connectivity index (χ1n) is 7.48. The number of nitrogens with one attached hydrogen (secondary N) is 1. The van der Waals surface area contributed by atoms with Crippen LogP contribution in [0, 0.1) is 0 Å². The van der Waals surface area contributed by atoms with Gasteiger partial charge in [-0.15, -0.1) is 0 Å². The molecule has 1 aromatic carbocycles. The second-order valence-electron chi connectivity index (χ2n) is 4.72. The SMILES string of the molecule is CCOc1ccc(C=CC(=O)NC(C)CC)cc1OCC. The first kappa shape index (κ1) is 17.1. The molecule has 0 aromatic heterocycles. The molecule has 1 N–H and O–H groups in total. The number of benzene rings is 1. The molecule has 0 fully saturated rings. The van der Waals surface area contributed by atoms with E-state index in [9.17, 15) is 4.79 Å². The molecular formula is C17H25NO3. The molecular weight excluding hydrogens is 266 g/mol. The van der Waals surface area contributed by atoms with Gasteiger partial charge in [0.15, 0.2) is 11.5 Å². The van der Waals surface area contributed by atoms with Gasteiger partial charge in [0.25, 0.3) is 0 Å². The van der Waals surface area contributed by atoms with Crippen molar-refractivity contribution in [3.63, 3.8) is 0 Å². The minimum atomic E-state index is -0.0869. The van der Waals surface area contributed by atoms with Crippen LogP contribution >= 0.6 is 0 Å². The van der Waals surface area contributed by atoms with E-state index in [4.69, 9.17) is 9.47 Å². The molecule has 1 rings (SSSR count). The van der Waals surface area contributed by atoms with E-state index in [1.54, 1.807) is 6.08 Å². The molecule has 4 heteroatoms. The number of amides is 1. The van der Waals surface area contributed by atoms with Crippen LogP contribution < -0.4 is 14.8 Å². The highest BCUT2D eigenvalue weighted by atomic mass is 16.5. The summed E-state index contributed by atoms with van der Waals surface area (Å²) < 4.78 is 11.1. The van der Waals surface area contributed by atoms with Crippen molar-refractivity contribution in [2.45, 2.75) is 40.2 Å². The fraction of sp³-hybridized carbons (Fsp3) is 0.471. The molecule has 0 bridgehead atoms. The third kappa shape index (κ3) is 5.90. The molecule has 0 aliphatic heterocycles. The standard InChI is InChI=1S/C17H25NO3/c1-5-13(4)18-17(19)11-9-14-8-10-15(20-6-2)16(12-14)21-7-3/h8-13H,5-7H2,1-4H3,(H,18,19). The van der Waals surface area contributed by atoms with E-state index in [0.29, 0.717) is 19.0 Å². The summed E-state index contributed by atoms with van der Waals surface area (Å²) in [6.45, 7) is 9.04. The van der Waals surface area contributed by atoms with Crippen LogP contribution in [-0.2, 0) is 4.79 Å². The smallest absolute Gasteiger partial charge is 0.244 e. The minimum absolute atomic E-state index is 0.0869. The average Bonchev–Trinajstić information content (AvgIpc) is 2.47. The maximum Gasteiger partial charge on any atom is 0.244 e. The molecule has 4 nitrogen and oxygen atoms in total. The summed E-state index contributed by atoms with van der Waals surface area (Å²) in [5.41, 5.74) is 0.904. The van der Waals surface area contributed by atoms with Crippen molar-refractivity contribution in [1.29, 1.82) is 0 Å². The Hall–Kier alpha value is -1.97. The third-order valence-corrected chi connectivity index (χ3v) is 3.00. The molecule has 0 radical (unpaired) electrons. The molecule has 0 saturated heterocycles. The Balaban J connectivity index is 2.79. The fourth-order valence-electron chi connectivity index (χ4n) is 1.74. The lowest BCUT2D eigenvalue weighted by molar-refractivity contribution is -0.117. The van der Waals surface area contributed by atoms with Crippen molar-refractivity contribution in [1.82, 2.24) is 5.32 Å². The van der Waals surface area contributed by atoms with Gasteiger partial charge in [0.05, 0.1) is 13.2 Å². The van der Waals surface area contributed by atoms with Crippen molar-refractivity contribution in [2.24, 2.45) is 0 Å². The van der Waals surface area contributed by atoms with E-state index >= 15 is 0 Å². The van der Waals surface area contributed by atoms with Gasteiger partial charge < -0.3 is 14.8 Å². The highest BCUT2D eigenvalue weighted by Gasteiger charge is 2.05. The first-order chi connectivity index (χ1) is 10.1. The van der Waals surface area contributed by atoms with Gasteiger partial charge in [0.2, 0.25) is 5.91 Å². The van der Waals surface area contributed by atoms with E-state index in [0.717, 1.165) is 17.7 Å². The Bertz CT molecular complexity index is 483. The summed E-state index contributed by atoms with van der Waals surface area (Å²) in [6.07, 6.45) is 4.23. The van der Waals surface area contributed by atoms with Gasteiger partial charge in [-0.25, -0.2) is 0 Å². The summed E-state index contributed by atoms with van der Waals surface area (Å²) >= 11 is 0. The molecule has 116 valence electrons. The summed E-state index contributed by atoms with van der Waals surface area (Å²) in [7, 11) is 0. The number of rotatable bonds is 8. The van der Waals surface area contributed by atoms with Gasteiger partial charge in [-0.05, 0) is 51.0 Å². The van der Waals surface area contributed by atoms with E-state index < -0.39 is 0 Å². The highest BCUT2D eigenvalue weighted by molar-refractivity contribution is 5.91. The van der Waals surface area contributed by atoms with Crippen molar-refractivity contribution < 1.29 is 14.3 Å². The van der Waals surface area contributed by atoms with Crippen LogP contribution in [0.25, 0.3) is 6.08 Å². The molecule has 1 unspecified atom stereocenters. The van der Waals surface area contributed by atoms with Gasteiger partial charge >= 0.3 is 0 Å². The fourth-order valence-corrected chi connectivity index (χ4v) is 1.74. The number of ether oxygens (including phenoxy) is 2. The Morgan fingerprint density at radius 1 is 1.19 bits per heavy atom. The Kier molecular flexibility index (Phi) is 7.37. The zero-order valence-electron chi connectivity index (χ0n) is 13.3. The zero-order valence-corrected chi connectivity index (χ0v) is 13.3. The molecule has 1 amide bonds. The highest BCUT2D eigenvalue weighted by Crippen LogP contribution is 2.28. The molecule has 0 spiro atoms. The van der Waals surface area contributed by atoms with Crippen LogP contribution in [0.2, 0.25) is 0 Å². The summed E-state index contributed by atoms with van der Waals surface area (Å²) in [6, 6.07) is 5.82. The molecule has 1 atom stereocenters. The maximum absolute atomic E-state index is 11.7. The molecule has 21 heavy (non-hydrogen) atoms. The van der Waals surface area contributed by atoms with E-state index in [1.165, 1.54) is 6.08 Å². The van der Waals surface area contributed by atoms with E-state index in [2.05, 4.69) is 5.32 Å². The van der Waals surface area contributed by atoms with Gasteiger partial charge in [0.1, 0.15) is 0 Å². The Labute approximate surface area is 127 Å². The third-order valence-electron chi connectivity index (χ3n) is 3.00. The number of hydrogen-bond acceptors (Lipinski definition) is 3. The molecule has 0 saturated carbocycles. The first-order valence-corrected chi connectivity index (χ1v) is 7.48. The topological polar surface area (TPSA) is 47.6 Å². The minimum Gasteiger partial charge on any atom is -0.490 e. The molecule has 0 aliphatic rings. The summed E-state index contributed by atoms with van der Waals surface area (Å²) in [5, 5.41) is 2.89. The second kappa shape index (κ2) is 9.06. The average molecular weight is 291 g/mol. The largest absolute Gasteiger partial charge is 0.490 e. The normalized spacial score (nSPS) is 12.2. The predicted octanol–water partition coefficient (Wildman–Crippen LogP) is 3.41. The predicted molar refractivity (Wildman–Crippen MR) is 85.7 cm³/mol. The molecule has 1 aromatic rings. The Morgan fingerprint density at radius 2 is 1.86 bits per heavy atom. The molecule has 0 aliphatic carbocycles. The number of carbonyl (C=O) groups is 1. The van der Waals surface area contributed by atoms with Gasteiger partial charge in [-0.3, -0.25) is 4.79 Å². The van der Waals surface area contributed by atoms with Crippen LogP contribution in [0.5, 0.6) is 11.5 Å². The van der Waals surface area contributed by atoms with E-state index in [-0.39, 0.29) is 11.9 Å². The summed E-state index contributed by atoms with van der Waals surface area (Å²) in [4.78, 5) is 11.7. The van der Waals surface area contributed by atoms with Crippen LogP contribution in [0.4, 0.5) is 0 Å². The molecule has 0 heterocycles. The van der Waals surface area contributed by atoms with Gasteiger partial charge in [0, 0.05) is 12.1 Å². The van der Waals surface area contributed by atoms with E-state index in [1.807, 2.05) is 45.9 Å². The second-order valence-corrected chi connectivity index (χ2v) is 4.72. The van der Waals surface area contributed by atoms with Crippen molar-refractivity contribution in [3.05, 3.63) is 29.8 Å². The van der Waals surface area contributed by atoms with Crippen molar-refractivity contribution >= 4 is 12.0 Å². The van der Waals surface area contributed by atoms with Gasteiger partial charge in [-0.1, -0.05) is 13.0 Å². The van der Waals surface area contributed by atoms with Gasteiger partial charge in [-0.2, -0.15) is 0 Å². The maximum atomic E-state index is 11.7. The lowest BCUT2D eigenvalue weighted by Gasteiger charge is -2.11. The van der Waals surface area contributed by atoms with Crippen molar-refractivity contribution in [2.75, 3.05) is 13.2 Å². The van der Waals surface area contributed by atoms with Crippen LogP contribution in [-0.4, -0.2) is 25.2 Å². The van der Waals surface area contributed by atoms with Crippen molar-refractivity contribution in [3.8, 4) is 11.5 Å². The monoisotopic (exact) mass is 291 g/mol.